The van der Waals surface area contributed by atoms with Crippen molar-refractivity contribution in [3.8, 4) is 5.75 Å². The molecular formula is C19H19NO. The van der Waals surface area contributed by atoms with E-state index < -0.39 is 0 Å². The van der Waals surface area contributed by atoms with E-state index in [9.17, 15) is 0 Å². The van der Waals surface area contributed by atoms with Gasteiger partial charge in [-0.15, -0.1) is 0 Å². The lowest BCUT2D eigenvalue weighted by Gasteiger charge is -2.13. The first-order chi connectivity index (χ1) is 10.3. The Kier molecular flexibility index (Phi) is 4.17. The van der Waals surface area contributed by atoms with E-state index in [1.54, 1.807) is 0 Å². The highest BCUT2D eigenvalue weighted by Gasteiger charge is 2.05. The first-order valence-corrected chi connectivity index (χ1v) is 7.22. The molecule has 3 rings (SSSR count). The van der Waals surface area contributed by atoms with Crippen LogP contribution in [-0.2, 0) is 6.42 Å². The predicted octanol–water partition coefficient (Wildman–Crippen LogP) is 3.79. The summed E-state index contributed by atoms with van der Waals surface area (Å²) >= 11 is 0. The number of rotatable bonds is 5. The normalized spacial score (nSPS) is 12.2. The molecule has 0 bridgehead atoms. The van der Waals surface area contributed by atoms with Crippen molar-refractivity contribution in [2.45, 2.75) is 12.5 Å². The molecule has 0 aliphatic carbocycles. The van der Waals surface area contributed by atoms with Crippen LogP contribution in [0.5, 0.6) is 5.75 Å². The highest BCUT2D eigenvalue weighted by atomic mass is 16.5. The van der Waals surface area contributed by atoms with Crippen LogP contribution in [0.1, 0.15) is 5.56 Å². The maximum atomic E-state index is 6.14. The monoisotopic (exact) mass is 277 g/mol. The Labute approximate surface area is 125 Å². The van der Waals surface area contributed by atoms with Crippen molar-refractivity contribution in [1.29, 1.82) is 0 Å². The Bertz CT molecular complexity index is 709. The Balaban J connectivity index is 1.60. The smallest absolute Gasteiger partial charge is 0.120 e. The quantitative estimate of drug-likeness (QED) is 0.770. The van der Waals surface area contributed by atoms with E-state index in [0.29, 0.717) is 6.61 Å². The molecular weight excluding hydrogens is 258 g/mol. The third kappa shape index (κ3) is 3.61. The molecule has 0 radical (unpaired) electrons. The van der Waals surface area contributed by atoms with Crippen LogP contribution in [0.3, 0.4) is 0 Å². The second-order valence-electron chi connectivity index (χ2n) is 5.27. The number of ether oxygens (including phenoxy) is 1. The van der Waals surface area contributed by atoms with Gasteiger partial charge in [0.05, 0.1) is 0 Å². The molecule has 2 heteroatoms. The first-order valence-electron chi connectivity index (χ1n) is 7.22. The summed E-state index contributed by atoms with van der Waals surface area (Å²) in [5.74, 6) is 0.872. The maximum Gasteiger partial charge on any atom is 0.120 e. The van der Waals surface area contributed by atoms with Crippen molar-refractivity contribution in [2.24, 2.45) is 5.73 Å². The van der Waals surface area contributed by atoms with Gasteiger partial charge in [0.25, 0.3) is 0 Å². The van der Waals surface area contributed by atoms with Crippen LogP contribution in [0.4, 0.5) is 0 Å². The Morgan fingerprint density at radius 3 is 2.33 bits per heavy atom. The van der Waals surface area contributed by atoms with Gasteiger partial charge in [-0.05, 0) is 34.9 Å². The molecule has 0 spiro atoms. The molecule has 0 heterocycles. The zero-order valence-corrected chi connectivity index (χ0v) is 11.9. The lowest BCUT2D eigenvalue weighted by molar-refractivity contribution is 0.288. The van der Waals surface area contributed by atoms with Gasteiger partial charge in [-0.1, -0.05) is 60.7 Å². The molecule has 0 saturated heterocycles. The van der Waals surface area contributed by atoms with E-state index in [1.165, 1.54) is 16.3 Å². The molecule has 0 saturated carbocycles. The van der Waals surface area contributed by atoms with E-state index in [1.807, 2.05) is 36.4 Å². The number of hydrogen-bond donors (Lipinski definition) is 1. The minimum absolute atomic E-state index is 0.00105. The molecule has 0 aromatic heterocycles. The van der Waals surface area contributed by atoms with Gasteiger partial charge in [0, 0.05) is 6.04 Å². The standard InChI is InChI=1S/C19H19NO/c20-18(12-15-6-2-1-3-7-15)14-21-19-11-10-16-8-4-5-9-17(16)13-19/h1-11,13,18H,12,14,20H2/t18-/m1/s1. The molecule has 1 atom stereocenters. The van der Waals surface area contributed by atoms with Crippen molar-refractivity contribution in [3.05, 3.63) is 78.4 Å². The van der Waals surface area contributed by atoms with Gasteiger partial charge < -0.3 is 10.5 Å². The summed E-state index contributed by atoms with van der Waals surface area (Å²) in [5.41, 5.74) is 7.38. The summed E-state index contributed by atoms with van der Waals surface area (Å²) in [6, 6.07) is 24.7. The summed E-state index contributed by atoms with van der Waals surface area (Å²) in [4.78, 5) is 0. The van der Waals surface area contributed by atoms with Crippen LogP contribution in [0.2, 0.25) is 0 Å². The van der Waals surface area contributed by atoms with Crippen LogP contribution in [-0.4, -0.2) is 12.6 Å². The minimum Gasteiger partial charge on any atom is -0.492 e. The molecule has 0 unspecified atom stereocenters. The van der Waals surface area contributed by atoms with Crippen LogP contribution in [0.25, 0.3) is 10.8 Å². The molecule has 21 heavy (non-hydrogen) atoms. The third-order valence-corrected chi connectivity index (χ3v) is 3.53. The topological polar surface area (TPSA) is 35.2 Å². The van der Waals surface area contributed by atoms with Crippen molar-refractivity contribution in [2.75, 3.05) is 6.61 Å². The van der Waals surface area contributed by atoms with E-state index in [-0.39, 0.29) is 6.04 Å². The van der Waals surface area contributed by atoms with Gasteiger partial charge >= 0.3 is 0 Å². The van der Waals surface area contributed by atoms with Gasteiger partial charge in [-0.25, -0.2) is 0 Å². The fourth-order valence-electron chi connectivity index (χ4n) is 2.44. The molecule has 2 nitrogen and oxygen atoms in total. The Hall–Kier alpha value is -2.32. The van der Waals surface area contributed by atoms with E-state index >= 15 is 0 Å². The van der Waals surface area contributed by atoms with Crippen LogP contribution < -0.4 is 10.5 Å². The number of nitrogens with two attached hydrogens (primary N) is 1. The van der Waals surface area contributed by atoms with Crippen molar-refractivity contribution >= 4 is 10.8 Å². The molecule has 3 aromatic rings. The largest absolute Gasteiger partial charge is 0.492 e. The molecule has 3 aromatic carbocycles. The summed E-state index contributed by atoms with van der Waals surface area (Å²) < 4.78 is 5.82. The average molecular weight is 277 g/mol. The number of benzene rings is 3. The zero-order chi connectivity index (χ0) is 14.5. The summed E-state index contributed by atoms with van der Waals surface area (Å²) in [6.45, 7) is 0.521. The second-order valence-corrected chi connectivity index (χ2v) is 5.27. The highest BCUT2D eigenvalue weighted by molar-refractivity contribution is 5.83. The molecule has 0 amide bonds. The molecule has 106 valence electrons. The van der Waals surface area contributed by atoms with E-state index in [4.69, 9.17) is 10.5 Å². The Morgan fingerprint density at radius 2 is 1.52 bits per heavy atom. The van der Waals surface area contributed by atoms with Crippen molar-refractivity contribution in [1.82, 2.24) is 0 Å². The zero-order valence-electron chi connectivity index (χ0n) is 11.9. The average Bonchev–Trinajstić information content (AvgIpc) is 2.54. The molecule has 0 fully saturated rings. The fourth-order valence-corrected chi connectivity index (χ4v) is 2.44. The summed E-state index contributed by atoms with van der Waals surface area (Å²) in [7, 11) is 0. The maximum absolute atomic E-state index is 6.14. The minimum atomic E-state index is -0.00105. The predicted molar refractivity (Wildman–Crippen MR) is 87.6 cm³/mol. The van der Waals surface area contributed by atoms with Crippen LogP contribution in [0, 0.1) is 0 Å². The SMILES string of the molecule is N[C@@H](COc1ccc2ccccc2c1)Cc1ccccc1. The highest BCUT2D eigenvalue weighted by Crippen LogP contribution is 2.20. The molecule has 0 aliphatic heterocycles. The molecule has 0 aliphatic rings. The first kappa shape index (κ1) is 13.7. The summed E-state index contributed by atoms with van der Waals surface area (Å²) in [5, 5.41) is 2.41. The summed E-state index contributed by atoms with van der Waals surface area (Å²) in [6.07, 6.45) is 0.828. The van der Waals surface area contributed by atoms with E-state index in [0.717, 1.165) is 12.2 Å². The van der Waals surface area contributed by atoms with E-state index in [2.05, 4.69) is 36.4 Å². The van der Waals surface area contributed by atoms with Crippen LogP contribution >= 0.6 is 0 Å². The lowest BCUT2D eigenvalue weighted by atomic mass is 10.1. The molecule has 2 N–H and O–H groups in total. The van der Waals surface area contributed by atoms with Crippen LogP contribution in [0.15, 0.2) is 72.8 Å². The van der Waals surface area contributed by atoms with Gasteiger partial charge in [0.2, 0.25) is 0 Å². The lowest BCUT2D eigenvalue weighted by Crippen LogP contribution is -2.30. The fraction of sp³-hybridized carbons (Fsp3) is 0.158. The second kappa shape index (κ2) is 6.42. The number of fused-ring (bicyclic) bond motifs is 1. The Morgan fingerprint density at radius 1 is 0.810 bits per heavy atom. The van der Waals surface area contributed by atoms with Gasteiger partial charge in [-0.2, -0.15) is 0 Å². The van der Waals surface area contributed by atoms with Gasteiger partial charge in [0.1, 0.15) is 12.4 Å². The van der Waals surface area contributed by atoms with Gasteiger partial charge in [0.15, 0.2) is 0 Å². The van der Waals surface area contributed by atoms with Crippen molar-refractivity contribution < 1.29 is 4.74 Å². The van der Waals surface area contributed by atoms with Gasteiger partial charge in [-0.3, -0.25) is 0 Å². The third-order valence-electron chi connectivity index (χ3n) is 3.53. The van der Waals surface area contributed by atoms with Crippen molar-refractivity contribution in [3.63, 3.8) is 0 Å². The number of hydrogen-bond acceptors (Lipinski definition) is 2.